The van der Waals surface area contributed by atoms with Crippen LogP contribution in [0.1, 0.15) is 6.42 Å². The maximum absolute atomic E-state index is 9.97. The van der Waals surface area contributed by atoms with E-state index in [9.17, 15) is 4.79 Å². The summed E-state index contributed by atoms with van der Waals surface area (Å²) in [6.45, 7) is 0. The van der Waals surface area contributed by atoms with Crippen LogP contribution in [-0.4, -0.2) is 28.8 Å². The highest BCUT2D eigenvalue weighted by Gasteiger charge is 2.03. The Labute approximate surface area is 58.0 Å². The predicted molar refractivity (Wildman–Crippen MR) is 38.4 cm³/mol. The molecule has 0 bridgehead atoms. The average molecular weight is 147 g/mol. The molecule has 0 spiro atoms. The molecule has 0 aromatic carbocycles. The smallest absolute Gasteiger partial charge is 0.349 e. The summed E-state index contributed by atoms with van der Waals surface area (Å²) < 4.78 is 0. The maximum Gasteiger partial charge on any atom is 0.349 e. The van der Waals surface area contributed by atoms with Crippen molar-refractivity contribution in [1.82, 2.24) is 0 Å². The SMILES string of the molecule is CSCCC(=N)C(=O)O. The Hall–Kier alpha value is -0.510. The Morgan fingerprint density at radius 3 is 2.67 bits per heavy atom. The minimum absolute atomic E-state index is 0.204. The molecule has 3 nitrogen and oxygen atoms in total. The van der Waals surface area contributed by atoms with Crippen molar-refractivity contribution in [2.45, 2.75) is 6.42 Å². The van der Waals surface area contributed by atoms with Crippen molar-refractivity contribution in [3.63, 3.8) is 0 Å². The summed E-state index contributed by atoms with van der Waals surface area (Å²) in [6.07, 6.45) is 2.24. The van der Waals surface area contributed by atoms with Gasteiger partial charge < -0.3 is 5.11 Å². The molecule has 4 heteroatoms. The van der Waals surface area contributed by atoms with Crippen molar-refractivity contribution in [1.29, 1.82) is 5.41 Å². The molecule has 0 radical (unpaired) electrons. The maximum atomic E-state index is 9.97. The van der Waals surface area contributed by atoms with Gasteiger partial charge in [-0.25, -0.2) is 4.79 Å². The lowest BCUT2D eigenvalue weighted by atomic mass is 10.3. The Kier molecular flexibility index (Phi) is 4.13. The fourth-order valence-electron chi connectivity index (χ4n) is 0.311. The topological polar surface area (TPSA) is 61.2 Å². The van der Waals surface area contributed by atoms with Crippen LogP contribution in [0.3, 0.4) is 0 Å². The van der Waals surface area contributed by atoms with Crippen molar-refractivity contribution in [3.8, 4) is 0 Å². The zero-order valence-corrected chi connectivity index (χ0v) is 5.99. The van der Waals surface area contributed by atoms with Gasteiger partial charge >= 0.3 is 5.97 Å². The third-order valence-corrected chi connectivity index (χ3v) is 1.43. The first-order chi connectivity index (χ1) is 4.18. The minimum atomic E-state index is -1.11. The van der Waals surface area contributed by atoms with Crippen molar-refractivity contribution in [2.75, 3.05) is 12.0 Å². The number of thioether (sulfide) groups is 1. The third-order valence-electron chi connectivity index (χ3n) is 0.814. The third kappa shape index (κ3) is 4.02. The van der Waals surface area contributed by atoms with Crippen LogP contribution in [0.15, 0.2) is 0 Å². The van der Waals surface area contributed by atoms with Crippen molar-refractivity contribution in [3.05, 3.63) is 0 Å². The number of rotatable bonds is 4. The number of carboxylic acids is 1. The van der Waals surface area contributed by atoms with E-state index in [1.54, 1.807) is 11.8 Å². The quantitative estimate of drug-likeness (QED) is 0.579. The highest BCUT2D eigenvalue weighted by Crippen LogP contribution is 1.95. The lowest BCUT2D eigenvalue weighted by Gasteiger charge is -1.93. The minimum Gasteiger partial charge on any atom is -0.477 e. The van der Waals surface area contributed by atoms with E-state index >= 15 is 0 Å². The lowest BCUT2D eigenvalue weighted by Crippen LogP contribution is -2.11. The Balaban J connectivity index is 3.39. The summed E-state index contributed by atoms with van der Waals surface area (Å²) in [5.41, 5.74) is -0.204. The lowest BCUT2D eigenvalue weighted by molar-refractivity contribution is -0.129. The van der Waals surface area contributed by atoms with Crippen molar-refractivity contribution < 1.29 is 9.90 Å². The molecule has 9 heavy (non-hydrogen) atoms. The van der Waals surface area contributed by atoms with Crippen LogP contribution in [0.5, 0.6) is 0 Å². The molecule has 0 unspecified atom stereocenters. The van der Waals surface area contributed by atoms with Gasteiger partial charge in [-0.1, -0.05) is 0 Å². The Morgan fingerprint density at radius 2 is 2.33 bits per heavy atom. The van der Waals surface area contributed by atoms with Gasteiger partial charge in [-0.15, -0.1) is 0 Å². The van der Waals surface area contributed by atoms with Crippen LogP contribution in [0.25, 0.3) is 0 Å². The summed E-state index contributed by atoms with van der Waals surface area (Å²) in [6, 6.07) is 0. The van der Waals surface area contributed by atoms with E-state index in [4.69, 9.17) is 10.5 Å². The van der Waals surface area contributed by atoms with E-state index in [1.807, 2.05) is 6.26 Å². The second-order valence-electron chi connectivity index (χ2n) is 1.53. The molecule has 0 aliphatic heterocycles. The standard InChI is InChI=1S/C5H9NO2S/c1-9-3-2-4(6)5(7)8/h6H,2-3H2,1H3,(H,7,8). The summed E-state index contributed by atoms with van der Waals surface area (Å²) in [4.78, 5) is 9.97. The first-order valence-corrected chi connectivity index (χ1v) is 3.87. The first-order valence-electron chi connectivity index (χ1n) is 2.48. The summed E-state index contributed by atoms with van der Waals surface area (Å²) in [5, 5.41) is 15.0. The van der Waals surface area contributed by atoms with Crippen LogP contribution in [0.4, 0.5) is 0 Å². The molecular weight excluding hydrogens is 138 g/mol. The molecule has 0 saturated heterocycles. The zero-order chi connectivity index (χ0) is 7.28. The monoisotopic (exact) mass is 147 g/mol. The number of hydrogen-bond donors (Lipinski definition) is 2. The van der Waals surface area contributed by atoms with Crippen LogP contribution in [0, 0.1) is 5.41 Å². The van der Waals surface area contributed by atoms with Gasteiger partial charge in [0.05, 0.1) is 0 Å². The summed E-state index contributed by atoms with van der Waals surface area (Å²) in [7, 11) is 0. The molecule has 0 heterocycles. The van der Waals surface area contributed by atoms with Gasteiger partial charge in [0.15, 0.2) is 0 Å². The van der Waals surface area contributed by atoms with Gasteiger partial charge in [0, 0.05) is 6.42 Å². The molecule has 0 fully saturated rings. The molecule has 0 amide bonds. The van der Waals surface area contributed by atoms with E-state index in [0.717, 1.165) is 0 Å². The number of nitrogens with one attached hydrogen (secondary N) is 1. The molecule has 0 aromatic heterocycles. The Morgan fingerprint density at radius 1 is 1.78 bits per heavy atom. The van der Waals surface area contributed by atoms with E-state index in [2.05, 4.69) is 0 Å². The van der Waals surface area contributed by atoms with E-state index in [-0.39, 0.29) is 5.71 Å². The van der Waals surface area contributed by atoms with E-state index in [0.29, 0.717) is 12.2 Å². The highest BCUT2D eigenvalue weighted by atomic mass is 32.2. The molecule has 0 saturated carbocycles. The molecule has 0 atom stereocenters. The van der Waals surface area contributed by atoms with Gasteiger partial charge in [0.25, 0.3) is 0 Å². The van der Waals surface area contributed by atoms with Crippen LogP contribution >= 0.6 is 11.8 Å². The molecule has 0 aromatic rings. The van der Waals surface area contributed by atoms with Crippen molar-refractivity contribution >= 4 is 23.4 Å². The first kappa shape index (κ1) is 8.49. The molecule has 0 aliphatic carbocycles. The van der Waals surface area contributed by atoms with Gasteiger partial charge in [-0.05, 0) is 12.0 Å². The fraction of sp³-hybridized carbons (Fsp3) is 0.600. The van der Waals surface area contributed by atoms with Gasteiger partial charge in [0.1, 0.15) is 5.71 Å². The largest absolute Gasteiger partial charge is 0.477 e. The van der Waals surface area contributed by atoms with Gasteiger partial charge in [-0.3, -0.25) is 5.41 Å². The summed E-state index contributed by atoms with van der Waals surface area (Å²) >= 11 is 1.54. The molecule has 0 rings (SSSR count). The van der Waals surface area contributed by atoms with Crippen LogP contribution < -0.4 is 0 Å². The fourth-order valence-corrected chi connectivity index (χ4v) is 0.719. The van der Waals surface area contributed by atoms with E-state index < -0.39 is 5.97 Å². The second kappa shape index (κ2) is 4.38. The van der Waals surface area contributed by atoms with Crippen LogP contribution in [0.2, 0.25) is 0 Å². The number of carboxylic acid groups (broad SMARTS) is 1. The Bertz CT molecular complexity index is 124. The molecule has 2 N–H and O–H groups in total. The normalized spacial score (nSPS) is 9.00. The summed E-state index contributed by atoms with van der Waals surface area (Å²) in [5.74, 6) is -0.394. The van der Waals surface area contributed by atoms with Gasteiger partial charge in [0.2, 0.25) is 0 Å². The zero-order valence-electron chi connectivity index (χ0n) is 5.18. The average Bonchev–Trinajstić information content (AvgIpc) is 1.82. The number of hydrogen-bond acceptors (Lipinski definition) is 3. The highest BCUT2D eigenvalue weighted by molar-refractivity contribution is 7.98. The van der Waals surface area contributed by atoms with Crippen LogP contribution in [-0.2, 0) is 4.79 Å². The number of aliphatic carboxylic acids is 1. The number of carbonyl (C=O) groups is 1. The van der Waals surface area contributed by atoms with Crippen molar-refractivity contribution in [2.24, 2.45) is 0 Å². The molecular formula is C5H9NO2S. The second-order valence-corrected chi connectivity index (χ2v) is 2.51. The molecule has 0 aliphatic rings. The predicted octanol–water partition coefficient (Wildman–Crippen LogP) is 0.844. The van der Waals surface area contributed by atoms with E-state index in [1.165, 1.54) is 0 Å². The molecule has 52 valence electrons. The van der Waals surface area contributed by atoms with Gasteiger partial charge in [-0.2, -0.15) is 11.8 Å².